The molecule has 2 fully saturated rings. The van der Waals surface area contributed by atoms with Crippen LogP contribution in [0.1, 0.15) is 69.4 Å². The topological polar surface area (TPSA) is 166 Å². The third kappa shape index (κ3) is 6.57. The molecule has 1 saturated heterocycles. The second kappa shape index (κ2) is 12.3. The van der Waals surface area contributed by atoms with Crippen molar-refractivity contribution >= 4 is 27.7 Å². The number of nitrogens with two attached hydrogens (primary N) is 1. The Bertz CT molecular complexity index is 1160. The molecule has 3 rings (SSSR count). The van der Waals surface area contributed by atoms with Crippen molar-refractivity contribution in [3.8, 4) is 5.75 Å². The highest BCUT2D eigenvalue weighted by Gasteiger charge is 2.39. The number of benzene rings is 1. The van der Waals surface area contributed by atoms with Crippen LogP contribution in [0.15, 0.2) is 0 Å². The summed E-state index contributed by atoms with van der Waals surface area (Å²) in [7, 11) is -3.72. The number of carbonyl (C=O) groups excluding carboxylic acids is 2. The van der Waals surface area contributed by atoms with Crippen molar-refractivity contribution in [2.24, 2.45) is 11.7 Å². The van der Waals surface area contributed by atoms with Gasteiger partial charge in [-0.15, -0.1) is 0 Å². The van der Waals surface area contributed by atoms with E-state index in [2.05, 4.69) is 10.0 Å². The largest absolute Gasteiger partial charge is 0.504 e. The average Bonchev–Trinajstić information content (AvgIpc) is 3.37. The Morgan fingerprint density at radius 3 is 2.37 bits per heavy atom. The molecule has 0 radical (unpaired) electrons. The second-order valence-electron chi connectivity index (χ2n) is 9.78. The number of sulfonamides is 1. The summed E-state index contributed by atoms with van der Waals surface area (Å²) >= 11 is 0. The highest BCUT2D eigenvalue weighted by Crippen LogP contribution is 2.31. The van der Waals surface area contributed by atoms with Gasteiger partial charge in [-0.2, -0.15) is 0 Å². The first-order chi connectivity index (χ1) is 17.9. The summed E-state index contributed by atoms with van der Waals surface area (Å²) in [6.07, 6.45) is 5.84. The lowest BCUT2D eigenvalue weighted by Crippen LogP contribution is -2.54. The van der Waals surface area contributed by atoms with Crippen LogP contribution in [0.25, 0.3) is 0 Å². The van der Waals surface area contributed by atoms with E-state index in [1.165, 1.54) is 11.8 Å². The first-order valence-electron chi connectivity index (χ1n) is 12.7. The van der Waals surface area contributed by atoms with Gasteiger partial charge >= 0.3 is 0 Å². The third-order valence-electron chi connectivity index (χ3n) is 7.23. The van der Waals surface area contributed by atoms with Crippen LogP contribution in [-0.4, -0.2) is 60.5 Å². The summed E-state index contributed by atoms with van der Waals surface area (Å²) in [5.41, 5.74) is 2.99. The molecule has 1 saturated carbocycles. The minimum absolute atomic E-state index is 0.165. The number of hydrogen-bond acceptors (Lipinski definition) is 6. The number of halogens is 3. The van der Waals surface area contributed by atoms with Crippen LogP contribution in [0.3, 0.4) is 0 Å². The Morgan fingerprint density at radius 1 is 1.11 bits per heavy atom. The molecular formula is C24H34F3N5O5S. The number of phenolic OH excluding ortho intramolecular Hbond substituents is 1. The smallest absolute Gasteiger partial charge is 0.243 e. The van der Waals surface area contributed by atoms with E-state index >= 15 is 0 Å². The molecule has 14 heteroatoms. The van der Waals surface area contributed by atoms with Gasteiger partial charge in [-0.05, 0) is 32.1 Å². The summed E-state index contributed by atoms with van der Waals surface area (Å²) < 4.78 is 70.4. The molecule has 212 valence electrons. The van der Waals surface area contributed by atoms with Gasteiger partial charge in [-0.1, -0.05) is 32.1 Å². The molecule has 0 spiro atoms. The number of aromatic hydroxyl groups is 1. The van der Waals surface area contributed by atoms with E-state index in [-0.39, 0.29) is 24.6 Å². The normalized spacial score (nSPS) is 19.4. The molecule has 6 N–H and O–H groups in total. The molecule has 10 nitrogen and oxygen atoms in total. The predicted molar refractivity (Wildman–Crippen MR) is 133 cm³/mol. The van der Waals surface area contributed by atoms with E-state index in [1.807, 2.05) is 0 Å². The number of nitrogen functional groups attached to an aromatic ring is 1. The van der Waals surface area contributed by atoms with E-state index in [0.29, 0.717) is 12.8 Å². The standard InChI is InChI=1S/C24H34F3N5O5S/c1-2-38(36,37)31-15(11-13-7-4-3-5-8-13)24(35)32-10-6-9-16(32)23(34)30-12-14-18(25)20(27)17(22(28)29)21(33)19(14)26/h13,15-16,31,33H,2-12H2,1H3,(H3,28,29)(H,30,34). The van der Waals surface area contributed by atoms with Crippen LogP contribution < -0.4 is 15.8 Å². The first-order valence-corrected chi connectivity index (χ1v) is 14.3. The van der Waals surface area contributed by atoms with Gasteiger partial charge in [0.1, 0.15) is 17.9 Å². The van der Waals surface area contributed by atoms with Gasteiger partial charge in [0, 0.05) is 18.7 Å². The van der Waals surface area contributed by atoms with Crippen LogP contribution in [0, 0.1) is 28.8 Å². The van der Waals surface area contributed by atoms with Gasteiger partial charge in [-0.25, -0.2) is 26.3 Å². The van der Waals surface area contributed by atoms with E-state index < -0.39 is 80.6 Å². The zero-order chi connectivity index (χ0) is 28.2. The molecule has 0 bridgehead atoms. The third-order valence-corrected chi connectivity index (χ3v) is 8.63. The Balaban J connectivity index is 1.76. The molecule has 2 atom stereocenters. The minimum atomic E-state index is -3.72. The van der Waals surface area contributed by atoms with Crippen molar-refractivity contribution in [1.29, 1.82) is 5.41 Å². The van der Waals surface area contributed by atoms with E-state index in [9.17, 15) is 36.3 Å². The van der Waals surface area contributed by atoms with Crippen molar-refractivity contribution in [3.63, 3.8) is 0 Å². The molecule has 2 aliphatic rings. The molecule has 1 heterocycles. The molecule has 1 aromatic rings. The van der Waals surface area contributed by atoms with Crippen LogP contribution in [-0.2, 0) is 26.2 Å². The fraction of sp³-hybridized carbons (Fsp3) is 0.625. The lowest BCUT2D eigenvalue weighted by atomic mass is 9.84. The fourth-order valence-electron chi connectivity index (χ4n) is 5.15. The minimum Gasteiger partial charge on any atom is -0.504 e. The molecule has 2 unspecified atom stereocenters. The van der Waals surface area contributed by atoms with Gasteiger partial charge in [-0.3, -0.25) is 15.0 Å². The van der Waals surface area contributed by atoms with Gasteiger partial charge in [0.15, 0.2) is 23.2 Å². The van der Waals surface area contributed by atoms with Crippen molar-refractivity contribution in [3.05, 3.63) is 28.6 Å². The number of rotatable bonds is 10. The summed E-state index contributed by atoms with van der Waals surface area (Å²) in [5.74, 6) is -8.80. The first kappa shape index (κ1) is 29.7. The van der Waals surface area contributed by atoms with Crippen LogP contribution in [0.2, 0.25) is 0 Å². The maximum absolute atomic E-state index is 14.5. The Labute approximate surface area is 219 Å². The molecule has 2 amide bonds. The molecule has 1 aromatic carbocycles. The van der Waals surface area contributed by atoms with Gasteiger partial charge in [0.2, 0.25) is 21.8 Å². The Hall–Kier alpha value is -2.87. The number of likely N-dealkylation sites (tertiary alicyclic amines) is 1. The Morgan fingerprint density at radius 2 is 1.76 bits per heavy atom. The number of nitrogens with zero attached hydrogens (tertiary/aromatic N) is 1. The maximum Gasteiger partial charge on any atom is 0.243 e. The monoisotopic (exact) mass is 561 g/mol. The van der Waals surface area contributed by atoms with Crippen molar-refractivity contribution in [2.75, 3.05) is 12.3 Å². The average molecular weight is 562 g/mol. The highest BCUT2D eigenvalue weighted by molar-refractivity contribution is 7.89. The number of nitrogens with one attached hydrogen (secondary N) is 3. The summed E-state index contributed by atoms with van der Waals surface area (Å²) in [4.78, 5) is 27.7. The number of amides is 2. The van der Waals surface area contributed by atoms with Crippen molar-refractivity contribution in [2.45, 2.75) is 76.9 Å². The molecular weight excluding hydrogens is 527 g/mol. The Kier molecular flexibility index (Phi) is 9.63. The van der Waals surface area contributed by atoms with E-state index in [0.717, 1.165) is 32.1 Å². The summed E-state index contributed by atoms with van der Waals surface area (Å²) in [5, 5.41) is 19.3. The summed E-state index contributed by atoms with van der Waals surface area (Å²) in [6, 6.07) is -2.07. The predicted octanol–water partition coefficient (Wildman–Crippen LogP) is 1.98. The molecule has 38 heavy (non-hydrogen) atoms. The van der Waals surface area contributed by atoms with Crippen LogP contribution in [0.4, 0.5) is 13.2 Å². The van der Waals surface area contributed by atoms with Gasteiger partial charge in [0.25, 0.3) is 0 Å². The van der Waals surface area contributed by atoms with E-state index in [1.54, 1.807) is 0 Å². The molecule has 1 aliphatic heterocycles. The lowest BCUT2D eigenvalue weighted by Gasteiger charge is -2.31. The zero-order valence-electron chi connectivity index (χ0n) is 21.2. The maximum atomic E-state index is 14.5. The lowest BCUT2D eigenvalue weighted by molar-refractivity contribution is -0.140. The highest BCUT2D eigenvalue weighted by atomic mass is 32.2. The fourth-order valence-corrected chi connectivity index (χ4v) is 5.95. The van der Waals surface area contributed by atoms with E-state index in [4.69, 9.17) is 11.1 Å². The van der Waals surface area contributed by atoms with Gasteiger partial charge in [0.05, 0.1) is 11.3 Å². The number of carbonyl (C=O) groups is 2. The van der Waals surface area contributed by atoms with Crippen molar-refractivity contribution in [1.82, 2.24) is 14.9 Å². The van der Waals surface area contributed by atoms with Crippen LogP contribution in [0.5, 0.6) is 5.75 Å². The zero-order valence-corrected chi connectivity index (χ0v) is 22.0. The van der Waals surface area contributed by atoms with Crippen LogP contribution >= 0.6 is 0 Å². The second-order valence-corrected chi connectivity index (χ2v) is 11.8. The quantitative estimate of drug-likeness (QED) is 0.166. The summed E-state index contributed by atoms with van der Waals surface area (Å²) in [6.45, 7) is 0.807. The molecule has 0 aromatic heterocycles. The molecule has 1 aliphatic carbocycles. The van der Waals surface area contributed by atoms with Gasteiger partial charge < -0.3 is 21.1 Å². The number of phenols is 1. The SMILES string of the molecule is CCS(=O)(=O)NC(CC1CCCCC1)C(=O)N1CCCC1C(=O)NCc1c(F)c(O)c(C(=N)N)c(F)c1F. The number of hydrogen-bond donors (Lipinski definition) is 5. The number of amidine groups is 1. The van der Waals surface area contributed by atoms with Crippen molar-refractivity contribution < 1.29 is 36.3 Å².